The molecule has 0 spiro atoms. The van der Waals surface area contributed by atoms with Crippen LogP contribution < -0.4 is 0 Å². The summed E-state index contributed by atoms with van der Waals surface area (Å²) in [6, 6.07) is 3.68. The van der Waals surface area contributed by atoms with Crippen molar-refractivity contribution in [2.45, 2.75) is 13.1 Å². The lowest BCUT2D eigenvalue weighted by atomic mass is 10.2. The summed E-state index contributed by atoms with van der Waals surface area (Å²) < 4.78 is 45.3. The van der Waals surface area contributed by atoms with Crippen molar-refractivity contribution in [3.8, 4) is 11.5 Å². The number of nitrogens with zero attached hydrogens (tertiary/aromatic N) is 3. The van der Waals surface area contributed by atoms with Crippen LogP contribution in [0, 0.1) is 6.92 Å². The van der Waals surface area contributed by atoms with E-state index in [-0.39, 0.29) is 33.0 Å². The molecule has 0 radical (unpaired) electrons. The van der Waals surface area contributed by atoms with Crippen molar-refractivity contribution < 1.29 is 17.6 Å². The molecular weight excluding hydrogens is 330 g/mol. The average molecular weight is 336 g/mol. The highest BCUT2D eigenvalue weighted by molar-refractivity contribution is 6.34. The quantitative estimate of drug-likeness (QED) is 0.651. The molecule has 0 N–H and O–H groups in total. The molecule has 3 aromatic heterocycles. The highest BCUT2D eigenvalue weighted by Crippen LogP contribution is 2.35. The van der Waals surface area contributed by atoms with Crippen LogP contribution in [0.15, 0.2) is 22.6 Å². The summed E-state index contributed by atoms with van der Waals surface area (Å²) >= 11 is 11.6. The highest BCUT2D eigenvalue weighted by atomic mass is 35.5. The Hall–Kier alpha value is -1.73. The number of aryl methyl sites for hydroxylation is 1. The number of hydrogen-bond acceptors (Lipinski definition) is 3. The van der Waals surface area contributed by atoms with Crippen molar-refractivity contribution in [2.24, 2.45) is 0 Å². The minimum Gasteiger partial charge on any atom is -0.443 e. The van der Waals surface area contributed by atoms with Gasteiger partial charge in [-0.25, -0.2) is 9.50 Å². The van der Waals surface area contributed by atoms with Gasteiger partial charge >= 0.3 is 6.18 Å². The van der Waals surface area contributed by atoms with E-state index in [1.54, 1.807) is 0 Å². The lowest BCUT2D eigenvalue weighted by Crippen LogP contribution is -2.13. The molecule has 3 heterocycles. The lowest BCUT2D eigenvalue weighted by molar-refractivity contribution is -0.142. The Morgan fingerprint density at radius 2 is 1.95 bits per heavy atom. The summed E-state index contributed by atoms with van der Waals surface area (Å²) in [5.41, 5.74) is -0.857. The van der Waals surface area contributed by atoms with Gasteiger partial charge in [0, 0.05) is 0 Å². The molecule has 0 fully saturated rings. The number of alkyl halides is 3. The van der Waals surface area contributed by atoms with Crippen LogP contribution in [0.4, 0.5) is 13.2 Å². The molecular formula is C12H6Cl2F3N3O. The van der Waals surface area contributed by atoms with Crippen LogP contribution in [0.25, 0.3) is 17.1 Å². The minimum atomic E-state index is -4.62. The standard InChI is InChI=1S/C12H6Cl2F3N3O/c1-5-10(14)11-18-6(7-2-3-9(13)21-7)4-8(12(15,16)17)20(11)19-5/h2-4H,1H3. The van der Waals surface area contributed by atoms with Crippen LogP contribution in [0.3, 0.4) is 0 Å². The van der Waals surface area contributed by atoms with Gasteiger partial charge in [0.05, 0.1) is 5.69 Å². The molecule has 0 amide bonds. The van der Waals surface area contributed by atoms with Gasteiger partial charge in [-0.3, -0.25) is 0 Å². The van der Waals surface area contributed by atoms with Crippen molar-refractivity contribution in [3.05, 3.63) is 39.8 Å². The summed E-state index contributed by atoms with van der Waals surface area (Å²) in [5.74, 6) is 0.114. The van der Waals surface area contributed by atoms with E-state index < -0.39 is 11.9 Å². The van der Waals surface area contributed by atoms with Gasteiger partial charge in [0.1, 0.15) is 10.7 Å². The average Bonchev–Trinajstić information content (AvgIpc) is 2.93. The number of rotatable bonds is 1. The zero-order valence-corrected chi connectivity index (χ0v) is 11.9. The highest BCUT2D eigenvalue weighted by Gasteiger charge is 2.36. The Morgan fingerprint density at radius 3 is 2.52 bits per heavy atom. The van der Waals surface area contributed by atoms with Crippen LogP contribution in [-0.2, 0) is 6.18 Å². The van der Waals surface area contributed by atoms with Crippen LogP contribution in [0.2, 0.25) is 10.2 Å². The van der Waals surface area contributed by atoms with Gasteiger partial charge in [-0.05, 0) is 36.7 Å². The molecule has 0 saturated carbocycles. The molecule has 0 aliphatic heterocycles. The summed E-state index contributed by atoms with van der Waals surface area (Å²) in [6.45, 7) is 1.50. The van der Waals surface area contributed by atoms with Crippen LogP contribution in [-0.4, -0.2) is 14.6 Å². The SMILES string of the molecule is Cc1nn2c(C(F)(F)F)cc(-c3ccc(Cl)o3)nc2c1Cl. The monoisotopic (exact) mass is 335 g/mol. The number of aromatic nitrogens is 3. The van der Waals surface area contributed by atoms with E-state index in [4.69, 9.17) is 27.6 Å². The lowest BCUT2D eigenvalue weighted by Gasteiger charge is -2.10. The van der Waals surface area contributed by atoms with E-state index in [0.717, 1.165) is 6.07 Å². The van der Waals surface area contributed by atoms with Crippen LogP contribution in [0.1, 0.15) is 11.4 Å². The molecule has 0 atom stereocenters. The van der Waals surface area contributed by atoms with Gasteiger partial charge in [-0.15, -0.1) is 0 Å². The molecule has 0 saturated heterocycles. The molecule has 110 valence electrons. The van der Waals surface area contributed by atoms with Gasteiger partial charge < -0.3 is 4.42 Å². The topological polar surface area (TPSA) is 43.3 Å². The number of halogens is 5. The smallest absolute Gasteiger partial charge is 0.433 e. The summed E-state index contributed by atoms with van der Waals surface area (Å²) in [6.07, 6.45) is -4.62. The minimum absolute atomic E-state index is 0.0245. The van der Waals surface area contributed by atoms with Crippen molar-refractivity contribution in [1.29, 1.82) is 0 Å². The van der Waals surface area contributed by atoms with E-state index in [1.165, 1.54) is 19.1 Å². The zero-order valence-electron chi connectivity index (χ0n) is 10.4. The van der Waals surface area contributed by atoms with E-state index >= 15 is 0 Å². The predicted octanol–water partition coefficient (Wildman–Crippen LogP) is 4.62. The number of furan rings is 1. The third kappa shape index (κ3) is 2.36. The normalized spacial score (nSPS) is 12.3. The molecule has 21 heavy (non-hydrogen) atoms. The first-order chi connectivity index (χ1) is 9.77. The predicted molar refractivity (Wildman–Crippen MR) is 70.4 cm³/mol. The Balaban J connectivity index is 2.35. The first kappa shape index (κ1) is 14.2. The summed E-state index contributed by atoms with van der Waals surface area (Å²) in [5, 5.41) is 3.87. The summed E-state index contributed by atoms with van der Waals surface area (Å²) in [7, 11) is 0. The van der Waals surface area contributed by atoms with Gasteiger partial charge in [0.25, 0.3) is 0 Å². The molecule has 0 aliphatic carbocycles. The first-order valence-electron chi connectivity index (χ1n) is 5.66. The molecule has 0 aliphatic rings. The molecule has 0 aromatic carbocycles. The van der Waals surface area contributed by atoms with E-state index in [9.17, 15) is 13.2 Å². The van der Waals surface area contributed by atoms with E-state index in [2.05, 4.69) is 10.1 Å². The maximum Gasteiger partial charge on any atom is 0.433 e. The molecule has 0 bridgehead atoms. The Labute approximate surface area is 126 Å². The molecule has 3 aromatic rings. The molecule has 9 heteroatoms. The molecule has 3 rings (SSSR count). The Kier molecular flexibility index (Phi) is 3.14. The van der Waals surface area contributed by atoms with Crippen molar-refractivity contribution in [3.63, 3.8) is 0 Å². The second kappa shape index (κ2) is 4.64. The largest absolute Gasteiger partial charge is 0.443 e. The van der Waals surface area contributed by atoms with E-state index in [1.807, 2.05) is 0 Å². The second-order valence-electron chi connectivity index (χ2n) is 4.26. The van der Waals surface area contributed by atoms with Gasteiger partial charge in [-0.2, -0.15) is 18.3 Å². The number of fused-ring (bicyclic) bond motifs is 1. The third-order valence-electron chi connectivity index (χ3n) is 2.81. The second-order valence-corrected chi connectivity index (χ2v) is 5.01. The fraction of sp³-hybridized carbons (Fsp3) is 0.167. The number of hydrogen-bond donors (Lipinski definition) is 0. The fourth-order valence-electron chi connectivity index (χ4n) is 1.88. The van der Waals surface area contributed by atoms with E-state index in [0.29, 0.717) is 4.52 Å². The van der Waals surface area contributed by atoms with Crippen molar-refractivity contribution >= 4 is 28.8 Å². The molecule has 0 unspecified atom stereocenters. The maximum absolute atomic E-state index is 13.2. The first-order valence-corrected chi connectivity index (χ1v) is 6.42. The Bertz CT molecular complexity index is 838. The molecule has 4 nitrogen and oxygen atoms in total. The van der Waals surface area contributed by atoms with Crippen molar-refractivity contribution in [2.75, 3.05) is 0 Å². The van der Waals surface area contributed by atoms with Gasteiger partial charge in [-0.1, -0.05) is 11.6 Å². The zero-order chi connectivity index (χ0) is 15.4. The van der Waals surface area contributed by atoms with Crippen molar-refractivity contribution in [1.82, 2.24) is 14.6 Å². The fourth-order valence-corrected chi connectivity index (χ4v) is 2.18. The Morgan fingerprint density at radius 1 is 1.24 bits per heavy atom. The third-order valence-corrected chi connectivity index (χ3v) is 3.45. The maximum atomic E-state index is 13.2. The van der Waals surface area contributed by atoms with Crippen LogP contribution >= 0.6 is 23.2 Å². The van der Waals surface area contributed by atoms with Crippen LogP contribution in [0.5, 0.6) is 0 Å². The van der Waals surface area contributed by atoms with Gasteiger partial charge in [0.2, 0.25) is 0 Å². The van der Waals surface area contributed by atoms with Gasteiger partial charge in [0.15, 0.2) is 22.3 Å². The summed E-state index contributed by atoms with van der Waals surface area (Å²) in [4.78, 5) is 4.07.